The fraction of sp³-hybridized carbons (Fsp3) is 0.154. The first-order valence-electron chi connectivity index (χ1n) is 5.42. The Balaban J connectivity index is 3.39. The fourth-order valence-corrected chi connectivity index (χ4v) is 1.46. The maximum atomic E-state index is 11.0. The van der Waals surface area contributed by atoms with Gasteiger partial charge < -0.3 is 20.3 Å². The van der Waals surface area contributed by atoms with Gasteiger partial charge in [0.2, 0.25) is 5.91 Å². The first-order valence-corrected chi connectivity index (χ1v) is 5.42. The fourth-order valence-electron chi connectivity index (χ4n) is 1.46. The molecule has 0 radical (unpaired) electrons. The number of aliphatic carboxylic acids is 1. The minimum absolute atomic E-state index is 0.0465. The van der Waals surface area contributed by atoms with E-state index in [0.29, 0.717) is 5.56 Å². The standard InChI is InChI=1S/C13H12N2O5/c1-7(16)15-10-4-8(3-9(6-14)13(18)19)5-11(20-2)12(10)17/h3-5,17H,1-2H3,(H,15,16)(H,18,19)/b9-3+. The summed E-state index contributed by atoms with van der Waals surface area (Å²) in [6, 6.07) is 4.21. The molecule has 7 heteroatoms. The molecule has 0 fully saturated rings. The highest BCUT2D eigenvalue weighted by Crippen LogP contribution is 2.36. The van der Waals surface area contributed by atoms with Crippen LogP contribution >= 0.6 is 0 Å². The molecule has 0 aliphatic heterocycles. The van der Waals surface area contributed by atoms with Crippen molar-refractivity contribution in [2.75, 3.05) is 12.4 Å². The zero-order valence-corrected chi connectivity index (χ0v) is 10.8. The molecular weight excluding hydrogens is 264 g/mol. The summed E-state index contributed by atoms with van der Waals surface area (Å²) in [6.07, 6.45) is 1.11. The van der Waals surface area contributed by atoms with Gasteiger partial charge in [0.1, 0.15) is 11.6 Å². The van der Waals surface area contributed by atoms with E-state index in [-0.39, 0.29) is 17.2 Å². The largest absolute Gasteiger partial charge is 0.503 e. The zero-order valence-electron chi connectivity index (χ0n) is 10.8. The molecule has 0 aromatic heterocycles. The van der Waals surface area contributed by atoms with Crippen LogP contribution in [-0.2, 0) is 9.59 Å². The molecule has 0 saturated heterocycles. The molecule has 3 N–H and O–H groups in total. The van der Waals surface area contributed by atoms with Crippen molar-refractivity contribution >= 4 is 23.6 Å². The molecule has 1 aromatic rings. The Hall–Kier alpha value is -3.01. The highest BCUT2D eigenvalue weighted by Gasteiger charge is 2.13. The average Bonchev–Trinajstić information content (AvgIpc) is 2.38. The van der Waals surface area contributed by atoms with Gasteiger partial charge in [0.25, 0.3) is 0 Å². The van der Waals surface area contributed by atoms with E-state index in [1.54, 1.807) is 0 Å². The first-order chi connectivity index (χ1) is 9.38. The van der Waals surface area contributed by atoms with Crippen molar-refractivity contribution in [3.8, 4) is 17.6 Å². The predicted octanol–water partition coefficient (Wildman–Crippen LogP) is 1.35. The number of aromatic hydroxyl groups is 1. The predicted molar refractivity (Wildman–Crippen MR) is 70.2 cm³/mol. The Kier molecular flexibility index (Phi) is 4.70. The maximum Gasteiger partial charge on any atom is 0.346 e. The molecule has 0 unspecified atom stereocenters. The van der Waals surface area contributed by atoms with Crippen LogP contribution in [0.3, 0.4) is 0 Å². The van der Waals surface area contributed by atoms with Crippen LogP contribution in [0, 0.1) is 11.3 Å². The zero-order chi connectivity index (χ0) is 15.3. The number of methoxy groups -OCH3 is 1. The number of nitrogens with zero attached hydrogens (tertiary/aromatic N) is 1. The third kappa shape index (κ3) is 3.49. The summed E-state index contributed by atoms with van der Waals surface area (Å²) in [7, 11) is 1.31. The van der Waals surface area contributed by atoms with E-state index in [1.165, 1.54) is 32.2 Å². The molecule has 0 aliphatic rings. The molecule has 0 spiro atoms. The van der Waals surface area contributed by atoms with Crippen molar-refractivity contribution in [2.24, 2.45) is 0 Å². The molecule has 0 aliphatic carbocycles. The number of carbonyl (C=O) groups excluding carboxylic acids is 1. The summed E-state index contributed by atoms with van der Waals surface area (Å²) in [5.74, 6) is -2.03. The summed E-state index contributed by atoms with van der Waals surface area (Å²) in [4.78, 5) is 21.8. The molecule has 20 heavy (non-hydrogen) atoms. The number of hydrogen-bond acceptors (Lipinski definition) is 5. The van der Waals surface area contributed by atoms with Crippen molar-refractivity contribution in [3.05, 3.63) is 23.3 Å². The molecule has 7 nitrogen and oxygen atoms in total. The summed E-state index contributed by atoms with van der Waals surface area (Å²) >= 11 is 0. The van der Waals surface area contributed by atoms with Gasteiger partial charge in [0, 0.05) is 6.92 Å². The average molecular weight is 276 g/mol. The van der Waals surface area contributed by atoms with Crippen LogP contribution in [0.2, 0.25) is 0 Å². The molecule has 0 saturated carbocycles. The van der Waals surface area contributed by atoms with Gasteiger partial charge in [-0.1, -0.05) is 0 Å². The first kappa shape index (κ1) is 15.0. The number of rotatable bonds is 4. The normalized spacial score (nSPS) is 10.6. The molecular formula is C13H12N2O5. The van der Waals surface area contributed by atoms with Crippen LogP contribution in [-0.4, -0.2) is 29.2 Å². The second kappa shape index (κ2) is 6.24. The Bertz CT molecular complexity index is 628. The number of carbonyl (C=O) groups is 2. The van der Waals surface area contributed by atoms with Crippen LogP contribution in [0.4, 0.5) is 5.69 Å². The van der Waals surface area contributed by atoms with Crippen LogP contribution in [0.25, 0.3) is 6.08 Å². The van der Waals surface area contributed by atoms with E-state index in [4.69, 9.17) is 15.1 Å². The van der Waals surface area contributed by atoms with Crippen molar-refractivity contribution in [1.82, 2.24) is 0 Å². The Morgan fingerprint density at radius 1 is 1.45 bits per heavy atom. The molecule has 0 heterocycles. The number of phenolic OH excluding ortho intramolecular Hbond substituents is 1. The quantitative estimate of drug-likeness (QED) is 0.434. The Labute approximate surface area is 114 Å². The molecule has 1 aromatic carbocycles. The van der Waals surface area contributed by atoms with Crippen molar-refractivity contribution in [1.29, 1.82) is 5.26 Å². The Morgan fingerprint density at radius 2 is 2.10 bits per heavy atom. The van der Waals surface area contributed by atoms with Gasteiger partial charge in [-0.05, 0) is 23.8 Å². The third-order valence-corrected chi connectivity index (χ3v) is 2.29. The lowest BCUT2D eigenvalue weighted by Gasteiger charge is -2.11. The SMILES string of the molecule is COc1cc(/C=C(\C#N)C(=O)O)cc(NC(C)=O)c1O. The minimum atomic E-state index is -1.37. The van der Waals surface area contributed by atoms with E-state index in [1.807, 2.05) is 0 Å². The molecule has 104 valence electrons. The van der Waals surface area contributed by atoms with E-state index < -0.39 is 17.4 Å². The molecule has 1 amide bonds. The maximum absolute atomic E-state index is 11.0. The van der Waals surface area contributed by atoms with E-state index in [2.05, 4.69) is 5.32 Å². The molecule has 0 bridgehead atoms. The highest BCUT2D eigenvalue weighted by molar-refractivity contribution is 5.97. The smallest absolute Gasteiger partial charge is 0.346 e. The van der Waals surface area contributed by atoms with Gasteiger partial charge in [-0.25, -0.2) is 4.79 Å². The molecule has 0 atom stereocenters. The van der Waals surface area contributed by atoms with Crippen LogP contribution in [0.5, 0.6) is 11.5 Å². The van der Waals surface area contributed by atoms with Crippen LogP contribution in [0.15, 0.2) is 17.7 Å². The number of nitriles is 1. The number of amides is 1. The van der Waals surface area contributed by atoms with E-state index in [0.717, 1.165) is 6.08 Å². The van der Waals surface area contributed by atoms with Crippen molar-refractivity contribution in [2.45, 2.75) is 6.92 Å². The molecule has 1 rings (SSSR count). The topological polar surface area (TPSA) is 120 Å². The second-order valence-electron chi connectivity index (χ2n) is 3.78. The number of benzene rings is 1. The Morgan fingerprint density at radius 3 is 2.55 bits per heavy atom. The highest BCUT2D eigenvalue weighted by atomic mass is 16.5. The number of nitrogens with one attached hydrogen (secondary N) is 1. The summed E-state index contributed by atoms with van der Waals surface area (Å²) < 4.78 is 4.92. The van der Waals surface area contributed by atoms with Gasteiger partial charge in [-0.2, -0.15) is 5.26 Å². The second-order valence-corrected chi connectivity index (χ2v) is 3.78. The summed E-state index contributed by atoms with van der Waals surface area (Å²) in [5.41, 5.74) is -0.125. The number of ether oxygens (including phenoxy) is 1. The minimum Gasteiger partial charge on any atom is -0.503 e. The lowest BCUT2D eigenvalue weighted by molar-refractivity contribution is -0.132. The van der Waals surface area contributed by atoms with Crippen molar-refractivity contribution < 1.29 is 24.5 Å². The van der Waals surface area contributed by atoms with E-state index in [9.17, 15) is 14.7 Å². The van der Waals surface area contributed by atoms with E-state index >= 15 is 0 Å². The van der Waals surface area contributed by atoms with Crippen LogP contribution in [0.1, 0.15) is 12.5 Å². The van der Waals surface area contributed by atoms with Crippen LogP contribution < -0.4 is 10.1 Å². The lowest BCUT2D eigenvalue weighted by atomic mass is 10.1. The lowest BCUT2D eigenvalue weighted by Crippen LogP contribution is -2.06. The number of carboxylic acids is 1. The number of carboxylic acid groups (broad SMARTS) is 1. The monoisotopic (exact) mass is 276 g/mol. The van der Waals surface area contributed by atoms with Gasteiger partial charge >= 0.3 is 5.97 Å². The van der Waals surface area contributed by atoms with Gasteiger partial charge in [-0.15, -0.1) is 0 Å². The number of anilines is 1. The summed E-state index contributed by atoms with van der Waals surface area (Å²) in [5, 5.41) is 29.7. The third-order valence-electron chi connectivity index (χ3n) is 2.29. The van der Waals surface area contributed by atoms with Gasteiger partial charge in [0.05, 0.1) is 12.8 Å². The number of hydrogen-bond donors (Lipinski definition) is 3. The number of phenols is 1. The summed E-state index contributed by atoms with van der Waals surface area (Å²) in [6.45, 7) is 1.26. The van der Waals surface area contributed by atoms with Gasteiger partial charge in [0.15, 0.2) is 11.5 Å². The van der Waals surface area contributed by atoms with Crippen molar-refractivity contribution in [3.63, 3.8) is 0 Å². The van der Waals surface area contributed by atoms with Gasteiger partial charge in [-0.3, -0.25) is 4.79 Å².